The van der Waals surface area contributed by atoms with Crippen molar-refractivity contribution in [2.75, 3.05) is 17.1 Å². The van der Waals surface area contributed by atoms with Crippen LogP contribution in [0.5, 0.6) is 0 Å². The summed E-state index contributed by atoms with van der Waals surface area (Å²) in [5.41, 5.74) is 10.4. The van der Waals surface area contributed by atoms with Crippen molar-refractivity contribution in [1.82, 2.24) is 0 Å². The van der Waals surface area contributed by atoms with E-state index < -0.39 is 10.0 Å². The third-order valence-corrected chi connectivity index (χ3v) is 3.89. The van der Waals surface area contributed by atoms with E-state index in [2.05, 4.69) is 10.0 Å². The largest absolute Gasteiger partial charge is 0.270 e. The van der Waals surface area contributed by atoms with Crippen LogP contribution in [-0.2, 0) is 16.4 Å². The maximum absolute atomic E-state index is 11.6. The first kappa shape index (κ1) is 11.8. The monoisotopic (exact) mass is 252 g/mol. The van der Waals surface area contributed by atoms with Crippen molar-refractivity contribution in [1.29, 1.82) is 0 Å². The Labute approximate surface area is 99.5 Å². The molecule has 1 aromatic carbocycles. The molecule has 0 aliphatic carbocycles. The van der Waals surface area contributed by atoms with E-state index >= 15 is 0 Å². The van der Waals surface area contributed by atoms with Gasteiger partial charge in [0.1, 0.15) is 0 Å². The second-order valence-electron chi connectivity index (χ2n) is 3.94. The molecular formula is C10H12N4O2S. The lowest BCUT2D eigenvalue weighted by molar-refractivity contribution is 0.592. The Bertz CT molecular complexity index is 590. The summed E-state index contributed by atoms with van der Waals surface area (Å²) >= 11 is 0. The van der Waals surface area contributed by atoms with E-state index in [0.29, 0.717) is 17.9 Å². The van der Waals surface area contributed by atoms with Gasteiger partial charge in [-0.1, -0.05) is 17.2 Å². The van der Waals surface area contributed by atoms with Crippen LogP contribution in [0.25, 0.3) is 10.4 Å². The van der Waals surface area contributed by atoms with E-state index in [9.17, 15) is 8.42 Å². The van der Waals surface area contributed by atoms with Crippen molar-refractivity contribution in [3.8, 4) is 0 Å². The molecule has 0 unspecified atom stereocenters. The number of hydrogen-bond acceptors (Lipinski definition) is 3. The number of aryl methyl sites for hydroxylation is 1. The van der Waals surface area contributed by atoms with Gasteiger partial charge in [0.05, 0.1) is 11.9 Å². The van der Waals surface area contributed by atoms with Crippen molar-refractivity contribution >= 4 is 21.4 Å². The molecule has 0 saturated carbocycles. The van der Waals surface area contributed by atoms with Crippen LogP contribution in [0.1, 0.15) is 12.0 Å². The average molecular weight is 252 g/mol. The molecule has 17 heavy (non-hydrogen) atoms. The maximum Gasteiger partial charge on any atom is 0.232 e. The van der Waals surface area contributed by atoms with E-state index in [1.54, 1.807) is 12.1 Å². The minimum Gasteiger partial charge on any atom is -0.270 e. The van der Waals surface area contributed by atoms with Gasteiger partial charge in [0.2, 0.25) is 10.0 Å². The van der Waals surface area contributed by atoms with Gasteiger partial charge in [0.25, 0.3) is 0 Å². The van der Waals surface area contributed by atoms with Gasteiger partial charge in [-0.2, -0.15) is 0 Å². The zero-order valence-electron chi connectivity index (χ0n) is 9.37. The topological polar surface area (TPSA) is 86.1 Å². The van der Waals surface area contributed by atoms with Gasteiger partial charge in [-0.3, -0.25) is 4.31 Å². The molecular weight excluding hydrogens is 240 g/mol. The molecule has 0 aromatic heterocycles. The lowest BCUT2D eigenvalue weighted by atomic mass is 10.0. The molecule has 1 aliphatic rings. The van der Waals surface area contributed by atoms with Crippen LogP contribution in [0.4, 0.5) is 11.4 Å². The molecule has 0 bridgehead atoms. The molecule has 6 nitrogen and oxygen atoms in total. The number of rotatable bonds is 2. The predicted molar refractivity (Wildman–Crippen MR) is 65.8 cm³/mol. The van der Waals surface area contributed by atoms with Gasteiger partial charge in [-0.25, -0.2) is 8.42 Å². The third kappa shape index (κ3) is 2.35. The SMILES string of the molecule is CS(=O)(=O)N1CCCc2ccc(N=[N+]=[N-])cc21. The average Bonchev–Trinajstić information content (AvgIpc) is 2.27. The Kier molecular flexibility index (Phi) is 2.95. The lowest BCUT2D eigenvalue weighted by Gasteiger charge is -2.29. The Hall–Kier alpha value is -1.72. The molecule has 2 rings (SSSR count). The second-order valence-corrected chi connectivity index (χ2v) is 5.85. The summed E-state index contributed by atoms with van der Waals surface area (Å²) in [6.45, 7) is 0.478. The predicted octanol–water partition coefficient (Wildman–Crippen LogP) is 2.34. The molecule has 1 heterocycles. The zero-order chi connectivity index (χ0) is 12.5. The van der Waals surface area contributed by atoms with Crippen molar-refractivity contribution in [3.05, 3.63) is 34.2 Å². The van der Waals surface area contributed by atoms with Crippen LogP contribution in [-0.4, -0.2) is 21.2 Å². The molecule has 0 radical (unpaired) electrons. The molecule has 0 N–H and O–H groups in total. The van der Waals surface area contributed by atoms with Crippen LogP contribution in [0, 0.1) is 0 Å². The summed E-state index contributed by atoms with van der Waals surface area (Å²) in [6.07, 6.45) is 2.83. The summed E-state index contributed by atoms with van der Waals surface area (Å²) in [4.78, 5) is 2.70. The highest BCUT2D eigenvalue weighted by molar-refractivity contribution is 7.92. The van der Waals surface area contributed by atoms with Crippen molar-refractivity contribution in [2.45, 2.75) is 12.8 Å². The molecule has 1 aliphatic heterocycles. The van der Waals surface area contributed by atoms with Gasteiger partial charge < -0.3 is 0 Å². The number of anilines is 1. The van der Waals surface area contributed by atoms with Crippen LogP contribution in [0.3, 0.4) is 0 Å². The van der Waals surface area contributed by atoms with Crippen molar-refractivity contribution in [3.63, 3.8) is 0 Å². The third-order valence-electron chi connectivity index (χ3n) is 2.71. The maximum atomic E-state index is 11.6. The van der Waals surface area contributed by atoms with Gasteiger partial charge in [-0.15, -0.1) is 0 Å². The van der Waals surface area contributed by atoms with Crippen LogP contribution in [0.15, 0.2) is 23.3 Å². The Balaban J connectivity index is 2.55. The Morgan fingerprint density at radius 3 is 2.88 bits per heavy atom. The molecule has 0 spiro atoms. The standard InChI is InChI=1S/C10H12N4O2S/c1-17(15,16)14-6-2-3-8-4-5-9(12-13-11)7-10(8)14/h4-5,7H,2-3,6H2,1H3. The van der Waals surface area contributed by atoms with E-state index in [4.69, 9.17) is 5.53 Å². The zero-order valence-corrected chi connectivity index (χ0v) is 10.2. The molecule has 0 saturated heterocycles. The first-order valence-corrected chi connectivity index (χ1v) is 7.03. The smallest absolute Gasteiger partial charge is 0.232 e. The first-order valence-electron chi connectivity index (χ1n) is 5.18. The minimum absolute atomic E-state index is 0.432. The summed E-state index contributed by atoms with van der Waals surface area (Å²) in [5.74, 6) is 0. The quantitative estimate of drug-likeness (QED) is 0.459. The lowest BCUT2D eigenvalue weighted by Crippen LogP contribution is -2.34. The molecule has 0 fully saturated rings. The number of nitrogens with zero attached hydrogens (tertiary/aromatic N) is 4. The van der Waals surface area contributed by atoms with E-state index in [1.807, 2.05) is 6.07 Å². The Morgan fingerprint density at radius 2 is 2.24 bits per heavy atom. The fourth-order valence-corrected chi connectivity index (χ4v) is 2.98. The van der Waals surface area contributed by atoms with Crippen molar-refractivity contribution in [2.24, 2.45) is 5.11 Å². The fourth-order valence-electron chi connectivity index (χ4n) is 1.99. The second kappa shape index (κ2) is 4.27. The number of hydrogen-bond donors (Lipinski definition) is 0. The van der Waals surface area contributed by atoms with Crippen LogP contribution in [0.2, 0.25) is 0 Å². The fraction of sp³-hybridized carbons (Fsp3) is 0.400. The highest BCUT2D eigenvalue weighted by Crippen LogP contribution is 2.32. The molecule has 1 aromatic rings. The number of azide groups is 1. The molecule has 7 heteroatoms. The highest BCUT2D eigenvalue weighted by atomic mass is 32.2. The highest BCUT2D eigenvalue weighted by Gasteiger charge is 2.23. The summed E-state index contributed by atoms with van der Waals surface area (Å²) in [6, 6.07) is 5.14. The van der Waals surface area contributed by atoms with E-state index in [-0.39, 0.29) is 0 Å². The summed E-state index contributed by atoms with van der Waals surface area (Å²) < 4.78 is 24.6. The van der Waals surface area contributed by atoms with Gasteiger partial charge in [-0.05, 0) is 30.0 Å². The number of sulfonamides is 1. The van der Waals surface area contributed by atoms with Crippen molar-refractivity contribution < 1.29 is 8.42 Å². The molecule has 0 atom stereocenters. The van der Waals surface area contributed by atoms with Crippen LogP contribution >= 0.6 is 0 Å². The van der Waals surface area contributed by atoms with Gasteiger partial charge >= 0.3 is 0 Å². The van der Waals surface area contributed by atoms with E-state index in [1.165, 1.54) is 10.6 Å². The molecule has 90 valence electrons. The van der Waals surface area contributed by atoms with Crippen LogP contribution < -0.4 is 4.31 Å². The minimum atomic E-state index is -3.27. The summed E-state index contributed by atoms with van der Waals surface area (Å²) in [7, 11) is -3.27. The van der Waals surface area contributed by atoms with Gasteiger partial charge in [0, 0.05) is 17.1 Å². The first-order chi connectivity index (χ1) is 8.02. The normalized spacial score (nSPS) is 15.0. The summed E-state index contributed by atoms with van der Waals surface area (Å²) in [5, 5.41) is 3.49. The van der Waals surface area contributed by atoms with Gasteiger partial charge in [0.15, 0.2) is 0 Å². The van der Waals surface area contributed by atoms with E-state index in [0.717, 1.165) is 18.4 Å². The molecule has 0 amide bonds. The number of fused-ring (bicyclic) bond motifs is 1. The Morgan fingerprint density at radius 1 is 1.47 bits per heavy atom. The number of benzene rings is 1.